The molecule has 0 aliphatic heterocycles. The fourth-order valence-electron chi connectivity index (χ4n) is 2.16. The lowest BCUT2D eigenvalue weighted by molar-refractivity contribution is 0.262. The molecule has 10 heteroatoms. The van der Waals surface area contributed by atoms with Crippen molar-refractivity contribution in [1.29, 1.82) is 0 Å². The second-order valence-corrected chi connectivity index (χ2v) is 7.22. The van der Waals surface area contributed by atoms with Crippen LogP contribution >= 0.6 is 0 Å². The third-order valence-corrected chi connectivity index (χ3v) is 4.76. The fourth-order valence-corrected chi connectivity index (χ4v) is 3.14. The van der Waals surface area contributed by atoms with Gasteiger partial charge in [-0.3, -0.25) is 4.72 Å². The zero-order chi connectivity index (χ0) is 19.4. The summed E-state index contributed by atoms with van der Waals surface area (Å²) in [6.45, 7) is 1.64. The minimum absolute atomic E-state index is 0.00681. The van der Waals surface area contributed by atoms with Crippen LogP contribution in [0.1, 0.15) is 5.76 Å². The molecule has 0 atom stereocenters. The zero-order valence-electron chi connectivity index (χ0n) is 14.1. The highest BCUT2D eigenvalue weighted by Gasteiger charge is 2.16. The molecule has 0 saturated carbocycles. The van der Waals surface area contributed by atoms with E-state index in [9.17, 15) is 17.6 Å². The Bertz CT molecular complexity index is 1050. The molecule has 0 aliphatic carbocycles. The first-order valence-electron chi connectivity index (χ1n) is 7.72. The number of nitrogens with one attached hydrogen (secondary N) is 3. The molecule has 0 spiro atoms. The average molecular weight is 390 g/mol. The molecular formula is C17H15FN4O4S. The molecular weight excluding hydrogens is 375 g/mol. The first-order chi connectivity index (χ1) is 12.8. The molecule has 27 heavy (non-hydrogen) atoms. The summed E-state index contributed by atoms with van der Waals surface area (Å²) in [5.74, 6) is 0.139. The van der Waals surface area contributed by atoms with Gasteiger partial charge in [-0.2, -0.15) is 0 Å². The Morgan fingerprint density at radius 3 is 2.07 bits per heavy atom. The predicted octanol–water partition coefficient (Wildman–Crippen LogP) is 3.57. The third kappa shape index (κ3) is 4.82. The van der Waals surface area contributed by atoms with Crippen LogP contribution in [0.4, 0.5) is 26.4 Å². The maximum Gasteiger partial charge on any atom is 0.323 e. The fraction of sp³-hybridized carbons (Fsp3) is 0.0588. The average Bonchev–Trinajstić information content (AvgIpc) is 3.01. The summed E-state index contributed by atoms with van der Waals surface area (Å²) in [5, 5.41) is 8.66. The molecule has 0 fully saturated rings. The molecule has 0 radical (unpaired) electrons. The van der Waals surface area contributed by atoms with Gasteiger partial charge in [-0.1, -0.05) is 5.16 Å². The molecule has 0 saturated heterocycles. The van der Waals surface area contributed by atoms with E-state index < -0.39 is 21.9 Å². The van der Waals surface area contributed by atoms with Crippen molar-refractivity contribution in [2.24, 2.45) is 0 Å². The monoisotopic (exact) mass is 390 g/mol. The van der Waals surface area contributed by atoms with Crippen molar-refractivity contribution in [2.75, 3.05) is 15.4 Å². The number of benzene rings is 2. The van der Waals surface area contributed by atoms with Crippen LogP contribution in [0, 0.1) is 12.7 Å². The second kappa shape index (κ2) is 7.46. The predicted molar refractivity (Wildman–Crippen MR) is 97.5 cm³/mol. The standard InChI is InChI=1S/C17H15FN4O4S/c1-11-10-16(21-26-11)22-27(24,25)15-8-6-14(7-9-15)20-17(23)19-13-4-2-12(18)3-5-13/h2-10H,1H3,(H,21,22)(H2,19,20,23). The van der Waals surface area contributed by atoms with Gasteiger partial charge in [0.15, 0.2) is 5.82 Å². The number of urea groups is 1. The molecule has 3 aromatic rings. The van der Waals surface area contributed by atoms with Gasteiger partial charge in [0.1, 0.15) is 11.6 Å². The van der Waals surface area contributed by atoms with Gasteiger partial charge in [-0.05, 0) is 55.5 Å². The highest BCUT2D eigenvalue weighted by molar-refractivity contribution is 7.92. The summed E-state index contributed by atoms with van der Waals surface area (Å²) in [4.78, 5) is 11.9. The van der Waals surface area contributed by atoms with Crippen LogP contribution in [-0.4, -0.2) is 19.6 Å². The number of aryl methyl sites for hydroxylation is 1. The zero-order valence-corrected chi connectivity index (χ0v) is 14.9. The normalized spacial score (nSPS) is 11.0. The van der Waals surface area contributed by atoms with Crippen LogP contribution < -0.4 is 15.4 Å². The van der Waals surface area contributed by atoms with Gasteiger partial charge >= 0.3 is 6.03 Å². The van der Waals surface area contributed by atoms with E-state index in [0.29, 0.717) is 17.1 Å². The number of halogens is 1. The van der Waals surface area contributed by atoms with E-state index in [4.69, 9.17) is 4.52 Å². The Labute approximate surface area is 154 Å². The van der Waals surface area contributed by atoms with Gasteiger partial charge in [-0.15, -0.1) is 0 Å². The van der Waals surface area contributed by atoms with Crippen molar-refractivity contribution in [3.8, 4) is 0 Å². The van der Waals surface area contributed by atoms with Crippen LogP contribution in [0.25, 0.3) is 0 Å². The smallest absolute Gasteiger partial charge is 0.323 e. The van der Waals surface area contributed by atoms with Gasteiger partial charge in [0.05, 0.1) is 4.90 Å². The largest absolute Gasteiger partial charge is 0.360 e. The van der Waals surface area contributed by atoms with Crippen LogP contribution in [0.2, 0.25) is 0 Å². The molecule has 3 rings (SSSR count). The van der Waals surface area contributed by atoms with Gasteiger partial charge < -0.3 is 15.2 Å². The first-order valence-corrected chi connectivity index (χ1v) is 9.20. The molecule has 140 valence electrons. The third-order valence-electron chi connectivity index (χ3n) is 3.39. The van der Waals surface area contributed by atoms with Gasteiger partial charge in [0.2, 0.25) is 0 Å². The summed E-state index contributed by atoms with van der Waals surface area (Å²) < 4.78 is 44.5. The molecule has 0 bridgehead atoms. The highest BCUT2D eigenvalue weighted by atomic mass is 32.2. The number of amides is 2. The number of aromatic nitrogens is 1. The van der Waals surface area contributed by atoms with Crippen molar-refractivity contribution in [3.05, 3.63) is 66.2 Å². The van der Waals surface area contributed by atoms with Crippen LogP contribution in [0.3, 0.4) is 0 Å². The van der Waals surface area contributed by atoms with E-state index in [1.165, 1.54) is 54.6 Å². The second-order valence-electron chi connectivity index (χ2n) is 5.54. The van der Waals surface area contributed by atoms with Crippen molar-refractivity contribution < 1.29 is 22.1 Å². The summed E-state index contributed by atoms with van der Waals surface area (Å²) in [7, 11) is -3.83. The first kappa shape index (κ1) is 18.4. The molecule has 1 aromatic heterocycles. The highest BCUT2D eigenvalue weighted by Crippen LogP contribution is 2.18. The van der Waals surface area contributed by atoms with E-state index in [1.54, 1.807) is 6.92 Å². The quantitative estimate of drug-likeness (QED) is 0.616. The Morgan fingerprint density at radius 2 is 1.56 bits per heavy atom. The summed E-state index contributed by atoms with van der Waals surface area (Å²) in [5.41, 5.74) is 0.797. The minimum Gasteiger partial charge on any atom is -0.360 e. The number of hydrogen-bond donors (Lipinski definition) is 3. The van der Waals surface area contributed by atoms with Gasteiger partial charge in [0.25, 0.3) is 10.0 Å². The Balaban J connectivity index is 1.64. The van der Waals surface area contributed by atoms with E-state index >= 15 is 0 Å². The number of anilines is 3. The minimum atomic E-state index is -3.83. The Morgan fingerprint density at radius 1 is 1.00 bits per heavy atom. The van der Waals surface area contributed by atoms with Crippen LogP contribution in [0.5, 0.6) is 0 Å². The molecule has 2 amide bonds. The SMILES string of the molecule is Cc1cc(NS(=O)(=O)c2ccc(NC(=O)Nc3ccc(F)cc3)cc2)no1. The molecule has 3 N–H and O–H groups in total. The van der Waals surface area contributed by atoms with Crippen LogP contribution in [0.15, 0.2) is 64.0 Å². The van der Waals surface area contributed by atoms with Gasteiger partial charge in [-0.25, -0.2) is 17.6 Å². The maximum atomic E-state index is 12.9. The molecule has 1 heterocycles. The number of sulfonamides is 1. The number of nitrogens with zero attached hydrogens (tertiary/aromatic N) is 1. The van der Waals surface area contributed by atoms with Crippen molar-refractivity contribution >= 4 is 33.2 Å². The number of hydrogen-bond acceptors (Lipinski definition) is 5. The summed E-state index contributed by atoms with van der Waals surface area (Å²) >= 11 is 0. The summed E-state index contributed by atoms with van der Waals surface area (Å²) in [6, 6.07) is 11.7. The van der Waals surface area contributed by atoms with Crippen molar-refractivity contribution in [3.63, 3.8) is 0 Å². The van der Waals surface area contributed by atoms with E-state index in [-0.39, 0.29) is 10.7 Å². The maximum absolute atomic E-state index is 12.9. The lowest BCUT2D eigenvalue weighted by Gasteiger charge is -2.09. The lowest BCUT2D eigenvalue weighted by Crippen LogP contribution is -2.19. The topological polar surface area (TPSA) is 113 Å². The lowest BCUT2D eigenvalue weighted by atomic mass is 10.3. The number of rotatable bonds is 5. The summed E-state index contributed by atoms with van der Waals surface area (Å²) in [6.07, 6.45) is 0. The number of carbonyl (C=O) groups is 1. The van der Waals surface area contributed by atoms with E-state index in [2.05, 4.69) is 20.5 Å². The Hall–Kier alpha value is -3.40. The van der Waals surface area contributed by atoms with Gasteiger partial charge in [0, 0.05) is 17.4 Å². The molecule has 8 nitrogen and oxygen atoms in total. The number of carbonyl (C=O) groups excluding carboxylic acids is 1. The van der Waals surface area contributed by atoms with E-state index in [1.807, 2.05) is 0 Å². The van der Waals surface area contributed by atoms with Crippen LogP contribution in [-0.2, 0) is 10.0 Å². The molecule has 0 aliphatic rings. The molecule has 0 unspecified atom stereocenters. The van der Waals surface area contributed by atoms with E-state index in [0.717, 1.165) is 0 Å². The molecule has 2 aromatic carbocycles. The van der Waals surface area contributed by atoms with Crippen molar-refractivity contribution in [1.82, 2.24) is 5.16 Å². The van der Waals surface area contributed by atoms with Crippen molar-refractivity contribution in [2.45, 2.75) is 11.8 Å². The Kier molecular flexibility index (Phi) is 5.08.